The highest BCUT2D eigenvalue weighted by Gasteiger charge is 2.55. The molecule has 3 aliphatic rings. The van der Waals surface area contributed by atoms with Gasteiger partial charge in [-0.1, -0.05) is 24.1 Å². The van der Waals surface area contributed by atoms with Crippen molar-refractivity contribution in [1.82, 2.24) is 0 Å². The summed E-state index contributed by atoms with van der Waals surface area (Å²) >= 11 is 4.28. The van der Waals surface area contributed by atoms with E-state index in [4.69, 9.17) is 4.74 Å². The van der Waals surface area contributed by atoms with Crippen LogP contribution >= 0.6 is 23.5 Å². The number of carbonyl (C=O) groups excluding carboxylic acids is 2. The average Bonchev–Trinajstić information content (AvgIpc) is 3.12. The van der Waals surface area contributed by atoms with Gasteiger partial charge in [-0.2, -0.15) is 0 Å². The number of aryl methyl sites for hydroxylation is 1. The summed E-state index contributed by atoms with van der Waals surface area (Å²) in [6.07, 6.45) is 4.80. The second-order valence-electron chi connectivity index (χ2n) is 8.35. The van der Waals surface area contributed by atoms with Crippen LogP contribution in [-0.4, -0.2) is 33.6 Å². The van der Waals surface area contributed by atoms with Crippen LogP contribution < -0.4 is 5.32 Å². The predicted octanol–water partition coefficient (Wildman–Crippen LogP) is 4.87. The monoisotopic (exact) mass is 419 g/mol. The van der Waals surface area contributed by atoms with Crippen molar-refractivity contribution in [2.45, 2.75) is 56.1 Å². The molecule has 1 unspecified atom stereocenters. The van der Waals surface area contributed by atoms with Crippen molar-refractivity contribution in [2.75, 3.05) is 16.8 Å². The summed E-state index contributed by atoms with van der Waals surface area (Å²) in [5.41, 5.74) is 1.86. The Balaban J connectivity index is 1.34. The van der Waals surface area contributed by atoms with Crippen LogP contribution in [0, 0.1) is 24.7 Å². The van der Waals surface area contributed by atoms with E-state index in [1.165, 1.54) is 30.8 Å². The molecule has 1 aromatic rings. The van der Waals surface area contributed by atoms with Crippen LogP contribution in [0.3, 0.4) is 0 Å². The smallest absolute Gasteiger partial charge is 0.309 e. The Morgan fingerprint density at radius 2 is 1.71 bits per heavy atom. The molecule has 1 saturated heterocycles. The summed E-state index contributed by atoms with van der Waals surface area (Å²) in [5.74, 6) is 3.17. The molecule has 6 heteroatoms. The molecule has 1 heterocycles. The zero-order valence-electron chi connectivity index (χ0n) is 16.6. The topological polar surface area (TPSA) is 55.4 Å². The molecule has 28 heavy (non-hydrogen) atoms. The van der Waals surface area contributed by atoms with Gasteiger partial charge in [0.15, 0.2) is 6.10 Å². The zero-order chi connectivity index (χ0) is 19.7. The van der Waals surface area contributed by atoms with Crippen molar-refractivity contribution < 1.29 is 14.3 Å². The Bertz CT molecular complexity index is 714. The fourth-order valence-corrected chi connectivity index (χ4v) is 8.94. The standard InChI is InChI=1S/C22H29NO3S2/c1-14-6-8-19(9-7-14)23-20(24)15(2)26-21(25)16-12-17-4-3-5-18(13-16)22(17)27-10-11-28-22/h6-9,15-18H,3-5,10-13H2,1-2H3,(H,23,24)/t15-,16?,17-,18+/m1/s1. The summed E-state index contributed by atoms with van der Waals surface area (Å²) < 4.78 is 5.95. The molecular weight excluding hydrogens is 390 g/mol. The third-order valence-corrected chi connectivity index (χ3v) is 10.5. The first-order valence-electron chi connectivity index (χ1n) is 10.3. The summed E-state index contributed by atoms with van der Waals surface area (Å²) in [7, 11) is 0. The molecule has 1 spiro atoms. The van der Waals surface area contributed by atoms with Gasteiger partial charge in [0, 0.05) is 17.2 Å². The number of esters is 1. The molecule has 1 N–H and O–H groups in total. The Morgan fingerprint density at radius 1 is 1.11 bits per heavy atom. The third kappa shape index (κ3) is 3.95. The van der Waals surface area contributed by atoms with Crippen molar-refractivity contribution in [3.8, 4) is 0 Å². The maximum atomic E-state index is 12.8. The van der Waals surface area contributed by atoms with Crippen LogP contribution in [0.1, 0.15) is 44.6 Å². The molecule has 4 atom stereocenters. The first-order chi connectivity index (χ1) is 13.5. The fourth-order valence-electron chi connectivity index (χ4n) is 5.01. The summed E-state index contributed by atoms with van der Waals surface area (Å²) in [6.45, 7) is 3.66. The second-order valence-corrected chi connectivity index (χ2v) is 11.3. The summed E-state index contributed by atoms with van der Waals surface area (Å²) in [4.78, 5) is 25.2. The highest BCUT2D eigenvalue weighted by Crippen LogP contribution is 2.64. The summed E-state index contributed by atoms with van der Waals surface area (Å²) in [6, 6.07) is 7.62. The molecule has 0 radical (unpaired) electrons. The molecule has 2 saturated carbocycles. The minimum absolute atomic E-state index is 0.0580. The Morgan fingerprint density at radius 3 is 2.32 bits per heavy atom. The molecule has 0 aromatic heterocycles. The van der Waals surface area contributed by atoms with Gasteiger partial charge in [0.05, 0.1) is 10.00 Å². The first-order valence-corrected chi connectivity index (χ1v) is 12.3. The van der Waals surface area contributed by atoms with Crippen molar-refractivity contribution in [2.24, 2.45) is 17.8 Å². The lowest BCUT2D eigenvalue weighted by molar-refractivity contribution is -0.159. The third-order valence-electron chi connectivity index (χ3n) is 6.43. The number of benzene rings is 1. The van der Waals surface area contributed by atoms with E-state index < -0.39 is 6.10 Å². The van der Waals surface area contributed by atoms with E-state index in [9.17, 15) is 9.59 Å². The molecule has 2 aliphatic carbocycles. The van der Waals surface area contributed by atoms with Crippen LogP contribution in [0.5, 0.6) is 0 Å². The van der Waals surface area contributed by atoms with Gasteiger partial charge >= 0.3 is 5.97 Å². The van der Waals surface area contributed by atoms with Gasteiger partial charge in [0.25, 0.3) is 5.91 Å². The number of thioether (sulfide) groups is 2. The number of rotatable bonds is 4. The van der Waals surface area contributed by atoms with Gasteiger partial charge in [-0.25, -0.2) is 0 Å². The fraction of sp³-hybridized carbons (Fsp3) is 0.636. The van der Waals surface area contributed by atoms with Crippen molar-refractivity contribution in [3.05, 3.63) is 29.8 Å². The van der Waals surface area contributed by atoms with E-state index in [2.05, 4.69) is 28.8 Å². The molecule has 152 valence electrons. The van der Waals surface area contributed by atoms with Crippen LogP contribution in [-0.2, 0) is 14.3 Å². The highest BCUT2D eigenvalue weighted by atomic mass is 32.2. The average molecular weight is 420 g/mol. The van der Waals surface area contributed by atoms with Crippen molar-refractivity contribution in [3.63, 3.8) is 0 Å². The van der Waals surface area contributed by atoms with Crippen molar-refractivity contribution in [1.29, 1.82) is 0 Å². The molecule has 3 fully saturated rings. The number of hydrogen-bond donors (Lipinski definition) is 1. The van der Waals surface area contributed by atoms with E-state index in [0.29, 0.717) is 15.9 Å². The predicted molar refractivity (Wildman–Crippen MR) is 117 cm³/mol. The minimum atomic E-state index is -0.778. The van der Waals surface area contributed by atoms with Crippen LogP contribution in [0.15, 0.2) is 24.3 Å². The van der Waals surface area contributed by atoms with E-state index >= 15 is 0 Å². The first kappa shape index (κ1) is 20.1. The molecule has 4 rings (SSSR count). The lowest BCUT2D eigenvalue weighted by atomic mass is 9.67. The van der Waals surface area contributed by atoms with E-state index in [0.717, 1.165) is 24.1 Å². The van der Waals surface area contributed by atoms with E-state index in [-0.39, 0.29) is 17.8 Å². The number of carbonyl (C=O) groups is 2. The zero-order valence-corrected chi connectivity index (χ0v) is 18.2. The molecule has 1 aromatic carbocycles. The van der Waals surface area contributed by atoms with Gasteiger partial charge in [0.2, 0.25) is 0 Å². The lowest BCUT2D eigenvalue weighted by Crippen LogP contribution is -2.48. The molecule has 1 aliphatic heterocycles. The minimum Gasteiger partial charge on any atom is -0.452 e. The summed E-state index contributed by atoms with van der Waals surface area (Å²) in [5, 5.41) is 2.83. The SMILES string of the molecule is Cc1ccc(NC(=O)[C@@H](C)OC(=O)C2C[C@H]3CCC[C@@H](C2)C32SCCS2)cc1. The molecular formula is C22H29NO3S2. The number of amides is 1. The number of ether oxygens (including phenoxy) is 1. The van der Waals surface area contributed by atoms with Gasteiger partial charge in [-0.3, -0.25) is 9.59 Å². The Hall–Kier alpha value is -1.14. The number of nitrogens with one attached hydrogen (secondary N) is 1. The van der Waals surface area contributed by atoms with Gasteiger partial charge < -0.3 is 10.1 Å². The van der Waals surface area contributed by atoms with Gasteiger partial charge in [-0.05, 0) is 63.5 Å². The second kappa shape index (κ2) is 8.31. The Kier molecular flexibility index (Phi) is 5.98. The van der Waals surface area contributed by atoms with E-state index in [1.54, 1.807) is 6.92 Å². The highest BCUT2D eigenvalue weighted by molar-refractivity contribution is 8.21. The molecule has 1 amide bonds. The largest absolute Gasteiger partial charge is 0.452 e. The quantitative estimate of drug-likeness (QED) is 0.706. The normalized spacial score (nSPS) is 29.3. The maximum Gasteiger partial charge on any atom is 0.309 e. The molecule has 4 nitrogen and oxygen atoms in total. The van der Waals surface area contributed by atoms with Gasteiger partial charge in [0.1, 0.15) is 0 Å². The van der Waals surface area contributed by atoms with E-state index in [1.807, 2.05) is 31.2 Å². The van der Waals surface area contributed by atoms with Gasteiger partial charge in [-0.15, -0.1) is 23.5 Å². The Labute approximate surface area is 175 Å². The molecule has 2 bridgehead atoms. The number of hydrogen-bond acceptors (Lipinski definition) is 5. The lowest BCUT2D eigenvalue weighted by Gasteiger charge is -2.51. The maximum absolute atomic E-state index is 12.8. The van der Waals surface area contributed by atoms with Crippen molar-refractivity contribution >= 4 is 41.1 Å². The van der Waals surface area contributed by atoms with Crippen LogP contribution in [0.25, 0.3) is 0 Å². The number of anilines is 1. The van der Waals surface area contributed by atoms with Crippen LogP contribution in [0.2, 0.25) is 0 Å². The van der Waals surface area contributed by atoms with Crippen LogP contribution in [0.4, 0.5) is 5.69 Å².